The van der Waals surface area contributed by atoms with E-state index < -0.39 is 0 Å². The predicted octanol–water partition coefficient (Wildman–Crippen LogP) is 0.976. The Labute approximate surface area is 132 Å². The van der Waals surface area contributed by atoms with Crippen molar-refractivity contribution in [1.29, 1.82) is 0 Å². The lowest BCUT2D eigenvalue weighted by Gasteiger charge is -2.37. The summed E-state index contributed by atoms with van der Waals surface area (Å²) in [7, 11) is 0. The molecule has 1 aromatic rings. The van der Waals surface area contributed by atoms with Crippen molar-refractivity contribution in [3.8, 4) is 0 Å². The molecule has 120 valence electrons. The van der Waals surface area contributed by atoms with Gasteiger partial charge in [-0.05, 0) is 18.6 Å². The molecule has 0 spiro atoms. The third-order valence-corrected chi connectivity index (χ3v) is 4.55. The number of nitrogens with zero attached hydrogens (tertiary/aromatic N) is 3. The summed E-state index contributed by atoms with van der Waals surface area (Å²) in [5.74, 6) is 0.243. The van der Waals surface area contributed by atoms with E-state index in [0.717, 1.165) is 39.3 Å². The molecule has 0 aromatic heterocycles. The molecule has 0 bridgehead atoms. The molecule has 5 nitrogen and oxygen atoms in total. The summed E-state index contributed by atoms with van der Waals surface area (Å²) < 4.78 is 5.30. The van der Waals surface area contributed by atoms with Crippen LogP contribution in [0.5, 0.6) is 0 Å². The number of aryl methyl sites for hydroxylation is 1. The summed E-state index contributed by atoms with van der Waals surface area (Å²) >= 11 is 0. The van der Waals surface area contributed by atoms with Gasteiger partial charge in [-0.3, -0.25) is 9.69 Å². The number of benzene rings is 1. The Kier molecular flexibility index (Phi) is 4.95. The number of rotatable bonds is 3. The SMILES string of the molecule is Cc1ccccc1N1CCN(CC(=O)N2CCOCC2)CC1. The average molecular weight is 303 g/mol. The Morgan fingerprint density at radius 2 is 1.73 bits per heavy atom. The lowest BCUT2D eigenvalue weighted by atomic mass is 10.1. The van der Waals surface area contributed by atoms with Gasteiger partial charge in [0.25, 0.3) is 0 Å². The zero-order valence-corrected chi connectivity index (χ0v) is 13.3. The summed E-state index contributed by atoms with van der Waals surface area (Å²) in [5, 5.41) is 0. The number of anilines is 1. The van der Waals surface area contributed by atoms with Crippen molar-refractivity contribution in [1.82, 2.24) is 9.80 Å². The molecule has 3 rings (SSSR count). The van der Waals surface area contributed by atoms with Gasteiger partial charge in [0.2, 0.25) is 5.91 Å². The van der Waals surface area contributed by atoms with Crippen LogP contribution in [0.1, 0.15) is 5.56 Å². The second-order valence-corrected chi connectivity index (χ2v) is 6.04. The Balaban J connectivity index is 1.49. The van der Waals surface area contributed by atoms with Crippen LogP contribution in [0.3, 0.4) is 0 Å². The van der Waals surface area contributed by atoms with Gasteiger partial charge in [0.1, 0.15) is 0 Å². The highest BCUT2D eigenvalue weighted by atomic mass is 16.5. The van der Waals surface area contributed by atoms with Crippen molar-refractivity contribution < 1.29 is 9.53 Å². The van der Waals surface area contributed by atoms with Crippen LogP contribution < -0.4 is 4.90 Å². The van der Waals surface area contributed by atoms with Gasteiger partial charge < -0.3 is 14.5 Å². The standard InChI is InChI=1S/C17H25N3O2/c1-15-4-2-3-5-16(15)19-8-6-18(7-9-19)14-17(21)20-10-12-22-13-11-20/h2-5H,6-14H2,1H3. The fourth-order valence-electron chi connectivity index (χ4n) is 3.17. The first-order valence-corrected chi connectivity index (χ1v) is 8.12. The second kappa shape index (κ2) is 7.11. The Hall–Kier alpha value is -1.59. The summed E-state index contributed by atoms with van der Waals surface area (Å²) in [6.07, 6.45) is 0. The summed E-state index contributed by atoms with van der Waals surface area (Å²) in [6, 6.07) is 8.51. The van der Waals surface area contributed by atoms with Crippen molar-refractivity contribution >= 4 is 11.6 Å². The molecular weight excluding hydrogens is 278 g/mol. The largest absolute Gasteiger partial charge is 0.378 e. The molecule has 0 atom stereocenters. The van der Waals surface area contributed by atoms with E-state index in [-0.39, 0.29) is 5.91 Å². The van der Waals surface area contributed by atoms with E-state index in [4.69, 9.17) is 4.74 Å². The van der Waals surface area contributed by atoms with Crippen molar-refractivity contribution in [2.75, 3.05) is 63.9 Å². The molecule has 0 saturated carbocycles. The molecule has 1 aromatic carbocycles. The van der Waals surface area contributed by atoms with Crippen molar-refractivity contribution in [2.24, 2.45) is 0 Å². The number of piperazine rings is 1. The topological polar surface area (TPSA) is 36.0 Å². The fourth-order valence-corrected chi connectivity index (χ4v) is 3.17. The molecule has 2 heterocycles. The maximum Gasteiger partial charge on any atom is 0.236 e. The number of hydrogen-bond acceptors (Lipinski definition) is 4. The quantitative estimate of drug-likeness (QED) is 0.834. The number of carbonyl (C=O) groups excluding carboxylic acids is 1. The molecule has 2 aliphatic rings. The number of para-hydroxylation sites is 1. The molecule has 0 radical (unpaired) electrons. The van der Waals surface area contributed by atoms with Crippen molar-refractivity contribution in [3.63, 3.8) is 0 Å². The molecule has 2 fully saturated rings. The van der Waals surface area contributed by atoms with Crippen LogP contribution in [0.4, 0.5) is 5.69 Å². The van der Waals surface area contributed by atoms with Crippen LogP contribution in [0.25, 0.3) is 0 Å². The molecule has 0 aliphatic carbocycles. The van der Waals surface area contributed by atoms with Crippen molar-refractivity contribution in [2.45, 2.75) is 6.92 Å². The third kappa shape index (κ3) is 3.59. The van der Waals surface area contributed by atoms with Crippen LogP contribution in [0.2, 0.25) is 0 Å². The number of hydrogen-bond donors (Lipinski definition) is 0. The highest BCUT2D eigenvalue weighted by molar-refractivity contribution is 5.78. The smallest absolute Gasteiger partial charge is 0.236 e. The molecule has 22 heavy (non-hydrogen) atoms. The zero-order chi connectivity index (χ0) is 15.4. The maximum absolute atomic E-state index is 12.3. The van der Waals surface area contributed by atoms with Gasteiger partial charge in [-0.1, -0.05) is 18.2 Å². The predicted molar refractivity (Wildman–Crippen MR) is 87.2 cm³/mol. The highest BCUT2D eigenvalue weighted by Gasteiger charge is 2.23. The number of ether oxygens (including phenoxy) is 1. The first-order valence-electron chi connectivity index (χ1n) is 8.12. The van der Waals surface area contributed by atoms with Crippen LogP contribution in [0, 0.1) is 6.92 Å². The van der Waals surface area contributed by atoms with Crippen molar-refractivity contribution in [3.05, 3.63) is 29.8 Å². The van der Waals surface area contributed by atoms with Gasteiger partial charge in [-0.15, -0.1) is 0 Å². The lowest BCUT2D eigenvalue weighted by molar-refractivity contribution is -0.136. The Morgan fingerprint density at radius 1 is 1.05 bits per heavy atom. The average Bonchev–Trinajstić information content (AvgIpc) is 2.57. The Morgan fingerprint density at radius 3 is 2.41 bits per heavy atom. The monoisotopic (exact) mass is 303 g/mol. The van der Waals surface area contributed by atoms with Gasteiger partial charge in [-0.2, -0.15) is 0 Å². The van der Waals surface area contributed by atoms with Crippen LogP contribution >= 0.6 is 0 Å². The number of carbonyl (C=O) groups is 1. The summed E-state index contributed by atoms with van der Waals surface area (Å²) in [4.78, 5) is 18.9. The molecule has 0 N–H and O–H groups in total. The zero-order valence-electron chi connectivity index (χ0n) is 13.3. The lowest BCUT2D eigenvalue weighted by Crippen LogP contribution is -2.51. The van der Waals surface area contributed by atoms with Crippen LogP contribution in [0.15, 0.2) is 24.3 Å². The molecule has 2 aliphatic heterocycles. The first-order chi connectivity index (χ1) is 10.7. The van der Waals surface area contributed by atoms with E-state index in [1.54, 1.807) is 0 Å². The van der Waals surface area contributed by atoms with Gasteiger partial charge in [0.05, 0.1) is 19.8 Å². The Bertz CT molecular complexity index is 506. The van der Waals surface area contributed by atoms with Gasteiger partial charge >= 0.3 is 0 Å². The van der Waals surface area contributed by atoms with Gasteiger partial charge in [0, 0.05) is 45.0 Å². The minimum Gasteiger partial charge on any atom is -0.378 e. The minimum absolute atomic E-state index is 0.243. The number of morpholine rings is 1. The van der Waals surface area contributed by atoms with Gasteiger partial charge in [-0.25, -0.2) is 0 Å². The maximum atomic E-state index is 12.3. The normalized spacial score (nSPS) is 20.2. The van der Waals surface area contributed by atoms with E-state index >= 15 is 0 Å². The van der Waals surface area contributed by atoms with E-state index in [1.165, 1.54) is 11.3 Å². The van der Waals surface area contributed by atoms with Gasteiger partial charge in [0.15, 0.2) is 0 Å². The summed E-state index contributed by atoms with van der Waals surface area (Å²) in [6.45, 7) is 9.40. The van der Waals surface area contributed by atoms with Crippen LogP contribution in [-0.4, -0.2) is 74.7 Å². The van der Waals surface area contributed by atoms with E-state index in [0.29, 0.717) is 19.8 Å². The second-order valence-electron chi connectivity index (χ2n) is 6.04. The molecule has 0 unspecified atom stereocenters. The van der Waals surface area contributed by atoms with E-state index in [1.807, 2.05) is 4.90 Å². The summed E-state index contributed by atoms with van der Waals surface area (Å²) in [5.41, 5.74) is 2.64. The van der Waals surface area contributed by atoms with E-state index in [2.05, 4.69) is 41.0 Å². The molecule has 2 saturated heterocycles. The first kappa shape index (κ1) is 15.3. The third-order valence-electron chi connectivity index (χ3n) is 4.55. The van der Waals surface area contributed by atoms with Crippen LogP contribution in [-0.2, 0) is 9.53 Å². The fraction of sp³-hybridized carbons (Fsp3) is 0.588. The van der Waals surface area contributed by atoms with E-state index in [9.17, 15) is 4.79 Å². The molecular formula is C17H25N3O2. The molecule has 1 amide bonds. The molecule has 5 heteroatoms. The highest BCUT2D eigenvalue weighted by Crippen LogP contribution is 2.20. The minimum atomic E-state index is 0.243. The number of amides is 1.